The second-order valence-electron chi connectivity index (χ2n) is 3.46. The average Bonchev–Trinajstić information content (AvgIpc) is 2.67. The first-order valence-corrected chi connectivity index (χ1v) is 5.89. The summed E-state index contributed by atoms with van der Waals surface area (Å²) in [7, 11) is 2.01. The van der Waals surface area contributed by atoms with Gasteiger partial charge < -0.3 is 5.32 Å². The van der Waals surface area contributed by atoms with Crippen LogP contribution in [0.5, 0.6) is 0 Å². The minimum atomic E-state index is 1.10. The van der Waals surface area contributed by atoms with Crippen LogP contribution < -0.4 is 5.32 Å². The molecule has 0 bridgehead atoms. The zero-order valence-electron chi connectivity index (χ0n) is 8.42. The van der Waals surface area contributed by atoms with Gasteiger partial charge in [-0.3, -0.25) is 0 Å². The van der Waals surface area contributed by atoms with Crippen LogP contribution in [0.2, 0.25) is 0 Å². The van der Waals surface area contributed by atoms with E-state index in [1.807, 2.05) is 18.4 Å². The fourth-order valence-electron chi connectivity index (χ4n) is 1.71. The molecule has 1 nitrogen and oxygen atoms in total. The maximum absolute atomic E-state index is 3.18. The molecule has 14 heavy (non-hydrogen) atoms. The molecule has 0 aliphatic rings. The third-order valence-corrected chi connectivity index (χ3v) is 3.44. The van der Waals surface area contributed by atoms with E-state index in [1.165, 1.54) is 28.5 Å². The molecule has 2 aromatic rings. The van der Waals surface area contributed by atoms with Crippen molar-refractivity contribution in [1.29, 1.82) is 0 Å². The minimum absolute atomic E-state index is 1.10. The second-order valence-corrected chi connectivity index (χ2v) is 4.38. The molecule has 1 aromatic carbocycles. The largest absolute Gasteiger partial charge is 0.320 e. The van der Waals surface area contributed by atoms with Crippen molar-refractivity contribution in [3.8, 4) is 0 Å². The summed E-state index contributed by atoms with van der Waals surface area (Å²) in [4.78, 5) is 0. The van der Waals surface area contributed by atoms with Crippen LogP contribution in [0.15, 0.2) is 29.6 Å². The van der Waals surface area contributed by atoms with Gasteiger partial charge in [0.05, 0.1) is 0 Å². The van der Waals surface area contributed by atoms with Crippen molar-refractivity contribution < 1.29 is 0 Å². The monoisotopic (exact) mass is 205 g/mol. The molecule has 0 aliphatic carbocycles. The average molecular weight is 205 g/mol. The highest BCUT2D eigenvalue weighted by molar-refractivity contribution is 7.17. The molecule has 0 spiro atoms. The number of thiophene rings is 1. The van der Waals surface area contributed by atoms with E-state index in [9.17, 15) is 0 Å². The van der Waals surface area contributed by atoms with E-state index in [0.29, 0.717) is 0 Å². The molecule has 2 rings (SSSR count). The van der Waals surface area contributed by atoms with Gasteiger partial charge in [-0.15, -0.1) is 11.3 Å². The lowest BCUT2D eigenvalue weighted by atomic mass is 10.1. The van der Waals surface area contributed by atoms with Gasteiger partial charge in [-0.2, -0.15) is 0 Å². The summed E-state index contributed by atoms with van der Waals surface area (Å²) in [6, 6.07) is 8.78. The Morgan fingerprint density at radius 1 is 1.29 bits per heavy atom. The van der Waals surface area contributed by atoms with Crippen LogP contribution in [0, 0.1) is 0 Å². The fourth-order valence-corrected chi connectivity index (χ4v) is 2.65. The predicted molar refractivity (Wildman–Crippen MR) is 64.1 cm³/mol. The van der Waals surface area contributed by atoms with Gasteiger partial charge in [0, 0.05) is 4.70 Å². The van der Waals surface area contributed by atoms with Crippen LogP contribution in [-0.4, -0.2) is 13.6 Å². The van der Waals surface area contributed by atoms with E-state index < -0.39 is 0 Å². The number of nitrogens with one attached hydrogen (secondary N) is 1. The van der Waals surface area contributed by atoms with Crippen molar-refractivity contribution in [1.82, 2.24) is 5.32 Å². The van der Waals surface area contributed by atoms with Crippen molar-refractivity contribution in [3.63, 3.8) is 0 Å². The lowest BCUT2D eigenvalue weighted by Crippen LogP contribution is -2.08. The van der Waals surface area contributed by atoms with E-state index in [-0.39, 0.29) is 0 Å². The lowest BCUT2D eigenvalue weighted by molar-refractivity contribution is 0.727. The Balaban J connectivity index is 2.19. The van der Waals surface area contributed by atoms with Gasteiger partial charge in [-0.05, 0) is 48.8 Å². The highest BCUT2D eigenvalue weighted by atomic mass is 32.1. The quantitative estimate of drug-likeness (QED) is 0.756. The molecule has 1 N–H and O–H groups in total. The topological polar surface area (TPSA) is 12.0 Å². The summed E-state index contributed by atoms with van der Waals surface area (Å²) in [5.41, 5.74) is 1.49. The van der Waals surface area contributed by atoms with Crippen LogP contribution in [0.3, 0.4) is 0 Å². The smallest absolute Gasteiger partial charge is 0.0374 e. The Labute approximate surface area is 88.8 Å². The van der Waals surface area contributed by atoms with Gasteiger partial charge >= 0.3 is 0 Å². The van der Waals surface area contributed by atoms with Crippen molar-refractivity contribution in [2.45, 2.75) is 12.8 Å². The Kier molecular flexibility index (Phi) is 3.17. The summed E-state index contributed by atoms with van der Waals surface area (Å²) in [6.07, 6.45) is 2.40. The molecule has 0 radical (unpaired) electrons. The zero-order valence-corrected chi connectivity index (χ0v) is 9.23. The Morgan fingerprint density at radius 3 is 3.07 bits per heavy atom. The third-order valence-electron chi connectivity index (χ3n) is 2.43. The number of hydrogen-bond acceptors (Lipinski definition) is 2. The Hall–Kier alpha value is -0.860. The highest BCUT2D eigenvalue weighted by Gasteiger charge is 2.00. The standard InChI is InChI=1S/C12H15NS/c1-13-8-3-6-10-4-2-5-11-7-9-14-12(10)11/h2,4-5,7,9,13H,3,6,8H2,1H3. The number of aryl methyl sites for hydroxylation is 1. The number of hydrogen-bond donors (Lipinski definition) is 1. The second kappa shape index (κ2) is 4.58. The number of rotatable bonds is 4. The molecular weight excluding hydrogens is 190 g/mol. The number of benzene rings is 1. The van der Waals surface area contributed by atoms with Crippen LogP contribution in [0.4, 0.5) is 0 Å². The summed E-state index contributed by atoms with van der Waals surface area (Å²) in [6.45, 7) is 1.10. The molecule has 0 saturated carbocycles. The molecule has 1 heterocycles. The SMILES string of the molecule is CNCCCc1cccc2ccsc12. The normalized spacial score (nSPS) is 10.9. The van der Waals surface area contributed by atoms with E-state index >= 15 is 0 Å². The summed E-state index contributed by atoms with van der Waals surface area (Å²) >= 11 is 1.85. The van der Waals surface area contributed by atoms with Crippen molar-refractivity contribution >= 4 is 21.4 Å². The first kappa shape index (κ1) is 9.69. The van der Waals surface area contributed by atoms with Gasteiger partial charge in [0.25, 0.3) is 0 Å². The van der Waals surface area contributed by atoms with Gasteiger partial charge in [0.15, 0.2) is 0 Å². The van der Waals surface area contributed by atoms with Crippen molar-refractivity contribution in [2.24, 2.45) is 0 Å². The van der Waals surface area contributed by atoms with Crippen LogP contribution in [0.25, 0.3) is 10.1 Å². The van der Waals surface area contributed by atoms with Crippen LogP contribution >= 0.6 is 11.3 Å². The molecular formula is C12H15NS. The van der Waals surface area contributed by atoms with Crippen molar-refractivity contribution in [3.05, 3.63) is 35.2 Å². The molecule has 0 amide bonds. The van der Waals surface area contributed by atoms with E-state index in [4.69, 9.17) is 0 Å². The number of fused-ring (bicyclic) bond motifs is 1. The molecule has 74 valence electrons. The molecule has 0 fully saturated rings. The maximum atomic E-state index is 3.18. The highest BCUT2D eigenvalue weighted by Crippen LogP contribution is 2.25. The molecule has 0 unspecified atom stereocenters. The van der Waals surface area contributed by atoms with Gasteiger partial charge in [-0.25, -0.2) is 0 Å². The van der Waals surface area contributed by atoms with E-state index in [0.717, 1.165) is 6.54 Å². The molecule has 0 aliphatic heterocycles. The first-order valence-electron chi connectivity index (χ1n) is 5.01. The minimum Gasteiger partial charge on any atom is -0.320 e. The van der Waals surface area contributed by atoms with Crippen molar-refractivity contribution in [2.75, 3.05) is 13.6 Å². The molecule has 2 heteroatoms. The third kappa shape index (κ3) is 1.97. The summed E-state index contributed by atoms with van der Waals surface area (Å²) in [5.74, 6) is 0. The van der Waals surface area contributed by atoms with Gasteiger partial charge in [0.2, 0.25) is 0 Å². The van der Waals surface area contributed by atoms with Crippen LogP contribution in [0.1, 0.15) is 12.0 Å². The fraction of sp³-hybridized carbons (Fsp3) is 0.333. The zero-order chi connectivity index (χ0) is 9.80. The summed E-state index contributed by atoms with van der Waals surface area (Å²) < 4.78 is 1.46. The van der Waals surface area contributed by atoms with Gasteiger partial charge in [-0.1, -0.05) is 18.2 Å². The molecule has 1 aromatic heterocycles. The lowest BCUT2D eigenvalue weighted by Gasteiger charge is -2.02. The van der Waals surface area contributed by atoms with E-state index in [1.54, 1.807) is 0 Å². The van der Waals surface area contributed by atoms with E-state index in [2.05, 4.69) is 35.0 Å². The first-order chi connectivity index (χ1) is 6.92. The molecule has 0 atom stereocenters. The van der Waals surface area contributed by atoms with Gasteiger partial charge in [0.1, 0.15) is 0 Å². The molecule has 0 saturated heterocycles. The van der Waals surface area contributed by atoms with Crippen LogP contribution in [-0.2, 0) is 6.42 Å². The Bertz CT molecular complexity index is 405. The maximum Gasteiger partial charge on any atom is 0.0374 e. The summed E-state index contributed by atoms with van der Waals surface area (Å²) in [5, 5.41) is 6.74. The Morgan fingerprint density at radius 2 is 2.21 bits per heavy atom. The predicted octanol–water partition coefficient (Wildman–Crippen LogP) is 3.05.